The smallest absolute Gasteiger partial charge is 0.0839 e. The van der Waals surface area contributed by atoms with Gasteiger partial charge in [-0.3, -0.25) is 0 Å². The lowest BCUT2D eigenvalue weighted by Crippen LogP contribution is -1.96. The molecule has 0 aliphatic heterocycles. The third-order valence-electron chi connectivity index (χ3n) is 5.30. The molecule has 0 saturated carbocycles. The van der Waals surface area contributed by atoms with Crippen molar-refractivity contribution in [3.05, 3.63) is 70.8 Å². The zero-order chi connectivity index (χ0) is 20.2. The normalized spacial score (nSPS) is 11.9. The molecule has 2 rings (SSSR count). The van der Waals surface area contributed by atoms with Gasteiger partial charge in [0, 0.05) is 0 Å². The molecule has 2 heteroatoms. The van der Waals surface area contributed by atoms with E-state index in [0.717, 1.165) is 17.9 Å². The molecule has 0 aromatic heterocycles. The summed E-state index contributed by atoms with van der Waals surface area (Å²) in [6.45, 7) is 6.57. The Morgan fingerprint density at radius 3 is 2.00 bits per heavy atom. The van der Waals surface area contributed by atoms with Crippen molar-refractivity contribution < 1.29 is 4.57 Å². The fourth-order valence-corrected chi connectivity index (χ4v) is 5.05. The highest BCUT2D eigenvalue weighted by Crippen LogP contribution is 2.22. The first-order chi connectivity index (χ1) is 13.6. The number of unbranched alkanes of at least 4 members (excludes halogenated alkanes) is 7. The van der Waals surface area contributed by atoms with E-state index in [9.17, 15) is 4.57 Å². The van der Waals surface area contributed by atoms with Crippen LogP contribution in [0.15, 0.2) is 48.5 Å². The zero-order valence-electron chi connectivity index (χ0n) is 17.9. The van der Waals surface area contributed by atoms with Gasteiger partial charge in [-0.15, -0.1) is 0 Å². The second-order valence-corrected chi connectivity index (χ2v) is 9.64. The maximum Gasteiger partial charge on any atom is 0.376 e. The molecule has 2 aromatic carbocycles. The molecule has 28 heavy (non-hydrogen) atoms. The summed E-state index contributed by atoms with van der Waals surface area (Å²) in [4.78, 5) is 0. The summed E-state index contributed by atoms with van der Waals surface area (Å²) in [5.74, 6) is 0. The second kappa shape index (κ2) is 12.7. The molecule has 0 amide bonds. The molecular weight excluding hydrogens is 359 g/mol. The predicted molar refractivity (Wildman–Crippen MR) is 125 cm³/mol. The van der Waals surface area contributed by atoms with Gasteiger partial charge in [0.05, 0.1) is 0 Å². The summed E-state index contributed by atoms with van der Waals surface area (Å²) in [6, 6.07) is 14.4. The minimum atomic E-state index is -1.19. The van der Waals surface area contributed by atoms with Crippen molar-refractivity contribution in [3.63, 3.8) is 0 Å². The van der Waals surface area contributed by atoms with Crippen LogP contribution in [0.25, 0.3) is 6.08 Å². The van der Waals surface area contributed by atoms with Crippen LogP contribution in [0.5, 0.6) is 0 Å². The van der Waals surface area contributed by atoms with E-state index in [-0.39, 0.29) is 0 Å². The van der Waals surface area contributed by atoms with E-state index in [4.69, 9.17) is 0 Å². The zero-order valence-corrected chi connectivity index (χ0v) is 18.8. The molecule has 2 aromatic rings. The molecule has 150 valence electrons. The molecule has 0 saturated heterocycles. The number of allylic oxidation sites excluding steroid dienone is 1. The number of hydrogen-bond donors (Lipinski definition) is 0. The molecule has 1 unspecified atom stereocenters. The lowest BCUT2D eigenvalue weighted by atomic mass is 9.99. The molecule has 0 bridgehead atoms. The molecule has 1 nitrogen and oxygen atoms in total. The minimum absolute atomic E-state index is 0.835. The van der Waals surface area contributed by atoms with E-state index in [1.807, 2.05) is 30.3 Å². The van der Waals surface area contributed by atoms with E-state index in [1.54, 1.807) is 0 Å². The highest BCUT2D eigenvalue weighted by Gasteiger charge is 2.17. The predicted octanol–water partition coefficient (Wildman–Crippen LogP) is 7.90. The van der Waals surface area contributed by atoms with E-state index in [0.29, 0.717) is 0 Å². The van der Waals surface area contributed by atoms with Gasteiger partial charge >= 0.3 is 7.80 Å². The van der Waals surface area contributed by atoms with Crippen LogP contribution in [0.1, 0.15) is 73.6 Å². The van der Waals surface area contributed by atoms with Crippen LogP contribution < -0.4 is 5.30 Å². The summed E-state index contributed by atoms with van der Waals surface area (Å²) in [7, 11) is -1.19. The van der Waals surface area contributed by atoms with Crippen molar-refractivity contribution in [2.75, 3.05) is 6.16 Å². The van der Waals surface area contributed by atoms with E-state index < -0.39 is 7.80 Å². The Labute approximate surface area is 173 Å². The van der Waals surface area contributed by atoms with Gasteiger partial charge in [-0.1, -0.05) is 78.3 Å². The number of hydrogen-bond acceptors (Lipinski definition) is 1. The van der Waals surface area contributed by atoms with Gasteiger partial charge in [0.2, 0.25) is 0 Å². The van der Waals surface area contributed by atoms with E-state index in [1.165, 1.54) is 67.2 Å². The third kappa shape index (κ3) is 8.11. The van der Waals surface area contributed by atoms with Crippen molar-refractivity contribution in [2.45, 2.75) is 72.1 Å². The largest absolute Gasteiger partial charge is 0.376 e. The summed E-state index contributed by atoms with van der Waals surface area (Å²) in [6.07, 6.45) is 15.4. The van der Waals surface area contributed by atoms with Crippen LogP contribution in [0.4, 0.5) is 0 Å². The van der Waals surface area contributed by atoms with Gasteiger partial charge < -0.3 is 0 Å². The molecular formula is C26H36OP+. The van der Waals surface area contributed by atoms with Crippen LogP contribution in [-0.2, 0) is 4.57 Å². The molecule has 0 aliphatic rings. The van der Waals surface area contributed by atoms with E-state index >= 15 is 0 Å². The SMILES string of the molecule is Cc1cc(C)c(C=CCCCCCCCCC[P+](=O)c2ccccc2)c(C)c1. The highest BCUT2D eigenvalue weighted by atomic mass is 31.1. The van der Waals surface area contributed by atoms with Gasteiger partial charge in [0.15, 0.2) is 11.5 Å². The van der Waals surface area contributed by atoms with Crippen molar-refractivity contribution in [3.8, 4) is 0 Å². The lowest BCUT2D eigenvalue weighted by Gasteiger charge is -2.07. The first-order valence-corrected chi connectivity index (χ1v) is 12.3. The van der Waals surface area contributed by atoms with Gasteiger partial charge in [0.1, 0.15) is 0 Å². The van der Waals surface area contributed by atoms with Crippen LogP contribution >= 0.6 is 7.80 Å². The van der Waals surface area contributed by atoms with Crippen LogP contribution in [0.2, 0.25) is 0 Å². The molecule has 1 atom stereocenters. The van der Waals surface area contributed by atoms with Gasteiger partial charge in [0.25, 0.3) is 0 Å². The van der Waals surface area contributed by atoms with Crippen molar-refractivity contribution in [1.82, 2.24) is 0 Å². The summed E-state index contributed by atoms with van der Waals surface area (Å²) < 4.78 is 12.2. The van der Waals surface area contributed by atoms with Crippen LogP contribution in [-0.4, -0.2) is 6.16 Å². The Kier molecular flexibility index (Phi) is 10.2. The molecule has 0 fully saturated rings. The lowest BCUT2D eigenvalue weighted by molar-refractivity contribution is 0.579. The summed E-state index contributed by atoms with van der Waals surface area (Å²) in [5, 5.41) is 1.00. The fourth-order valence-electron chi connectivity index (χ4n) is 3.78. The van der Waals surface area contributed by atoms with Crippen LogP contribution in [0, 0.1) is 20.8 Å². The summed E-state index contributed by atoms with van der Waals surface area (Å²) in [5.41, 5.74) is 5.49. The standard InChI is InChI=1S/C26H36OP/c1-22-20-23(2)26(24(3)21-22)18-14-9-7-5-4-6-8-10-15-19-28(27)25-16-12-11-13-17-25/h11-14,16-18,20-21H,4-10,15,19H2,1-3H3/q+1. The van der Waals surface area contributed by atoms with Crippen LogP contribution in [0.3, 0.4) is 0 Å². The molecule has 0 heterocycles. The molecule has 0 N–H and O–H groups in total. The number of rotatable bonds is 12. The Morgan fingerprint density at radius 2 is 1.36 bits per heavy atom. The topological polar surface area (TPSA) is 17.1 Å². The third-order valence-corrected chi connectivity index (χ3v) is 6.90. The maximum absolute atomic E-state index is 12.2. The van der Waals surface area contributed by atoms with Crippen molar-refractivity contribution in [1.29, 1.82) is 0 Å². The summed E-state index contributed by atoms with van der Waals surface area (Å²) >= 11 is 0. The van der Waals surface area contributed by atoms with E-state index in [2.05, 4.69) is 45.1 Å². The maximum atomic E-state index is 12.2. The first-order valence-electron chi connectivity index (χ1n) is 10.8. The van der Waals surface area contributed by atoms with Gasteiger partial charge in [-0.25, -0.2) is 0 Å². The second-order valence-electron chi connectivity index (χ2n) is 7.92. The first kappa shape index (κ1) is 22.6. The monoisotopic (exact) mass is 395 g/mol. The number of aryl methyl sites for hydroxylation is 3. The molecule has 0 spiro atoms. The fraction of sp³-hybridized carbons (Fsp3) is 0.462. The van der Waals surface area contributed by atoms with Crippen molar-refractivity contribution >= 4 is 19.2 Å². The Balaban J connectivity index is 1.49. The average Bonchev–Trinajstić information content (AvgIpc) is 2.68. The molecule has 0 aliphatic carbocycles. The van der Waals surface area contributed by atoms with Gasteiger partial charge in [-0.05, 0) is 75.3 Å². The Morgan fingerprint density at radius 1 is 0.786 bits per heavy atom. The minimum Gasteiger partial charge on any atom is -0.0839 e. The molecule has 0 radical (unpaired) electrons. The number of benzene rings is 2. The Hall–Kier alpha value is -1.72. The Bertz CT molecular complexity index is 738. The van der Waals surface area contributed by atoms with Gasteiger partial charge in [-0.2, -0.15) is 0 Å². The highest BCUT2D eigenvalue weighted by molar-refractivity contribution is 7.53. The quantitative estimate of drug-likeness (QED) is 0.264. The van der Waals surface area contributed by atoms with Crippen molar-refractivity contribution in [2.24, 2.45) is 0 Å². The average molecular weight is 396 g/mol.